The van der Waals surface area contributed by atoms with E-state index in [2.05, 4.69) is 19.9 Å². The monoisotopic (exact) mass is 506 g/mol. The summed E-state index contributed by atoms with van der Waals surface area (Å²) in [6.07, 6.45) is 2.97. The Morgan fingerprint density at radius 1 is 1.03 bits per heavy atom. The minimum Gasteiger partial charge on any atom is -0.354 e. The number of amides is 2. The van der Waals surface area contributed by atoms with Crippen molar-refractivity contribution in [3.8, 4) is 11.4 Å². The second-order valence-electron chi connectivity index (χ2n) is 8.29. The van der Waals surface area contributed by atoms with Crippen LogP contribution in [0.2, 0.25) is 10.3 Å². The predicted octanol–water partition coefficient (Wildman–Crippen LogP) is 3.55. The third-order valence-electron chi connectivity index (χ3n) is 6.38. The van der Waals surface area contributed by atoms with E-state index in [4.69, 9.17) is 23.2 Å². The quantitative estimate of drug-likeness (QED) is 0.416. The first-order chi connectivity index (χ1) is 16.9. The molecule has 11 heteroatoms. The standard InChI is InChI=1S/C24H16Cl2N6O3/c25-21-22(26)29-14(10-28-21)18-17-13(6-7-27-18)16-19(30-17)15-11-31(8-9-32(15)24(35)20(16)33)23(34)12-4-2-1-3-5-12/h1-7,10,15,30H,8-9,11H2/t15-/m0/s1. The van der Waals surface area contributed by atoms with Gasteiger partial charge in [0, 0.05) is 36.8 Å². The highest BCUT2D eigenvalue weighted by atomic mass is 35.5. The topological polar surface area (TPSA) is 112 Å². The average molecular weight is 507 g/mol. The lowest BCUT2D eigenvalue weighted by Gasteiger charge is -2.43. The molecule has 1 saturated heterocycles. The first-order valence-corrected chi connectivity index (χ1v) is 11.6. The molecule has 3 aromatic heterocycles. The molecule has 9 nitrogen and oxygen atoms in total. The van der Waals surface area contributed by atoms with Crippen LogP contribution in [-0.2, 0) is 4.79 Å². The van der Waals surface area contributed by atoms with Gasteiger partial charge in [0.05, 0.1) is 29.0 Å². The van der Waals surface area contributed by atoms with Crippen molar-refractivity contribution in [3.05, 3.63) is 75.9 Å². The molecule has 2 amide bonds. The minimum absolute atomic E-state index is 0.0269. The van der Waals surface area contributed by atoms with Gasteiger partial charge in [-0.05, 0) is 18.2 Å². The molecule has 174 valence electrons. The Hall–Kier alpha value is -3.82. The lowest BCUT2D eigenvalue weighted by molar-refractivity contribution is -0.131. The zero-order chi connectivity index (χ0) is 24.3. The van der Waals surface area contributed by atoms with Gasteiger partial charge >= 0.3 is 0 Å². The number of H-pyrrole nitrogens is 1. The van der Waals surface area contributed by atoms with Gasteiger partial charge in [-0.1, -0.05) is 41.4 Å². The average Bonchev–Trinajstić information content (AvgIpc) is 3.29. The van der Waals surface area contributed by atoms with E-state index in [0.717, 1.165) is 0 Å². The van der Waals surface area contributed by atoms with Crippen molar-refractivity contribution in [3.63, 3.8) is 0 Å². The highest BCUT2D eigenvalue weighted by molar-refractivity contribution is 6.46. The third kappa shape index (κ3) is 3.38. The van der Waals surface area contributed by atoms with Crippen LogP contribution in [0.4, 0.5) is 0 Å². The molecule has 1 atom stereocenters. The number of Topliss-reactive ketones (excluding diaryl/α,β-unsaturated/α-hetero) is 1. The fourth-order valence-electron chi connectivity index (χ4n) is 4.75. The van der Waals surface area contributed by atoms with Crippen LogP contribution < -0.4 is 0 Å². The van der Waals surface area contributed by atoms with Crippen molar-refractivity contribution >= 4 is 51.7 Å². The number of nitrogens with zero attached hydrogens (tertiary/aromatic N) is 5. The molecular formula is C24H16Cl2N6O3. The maximum Gasteiger partial charge on any atom is 0.295 e. The van der Waals surface area contributed by atoms with Gasteiger partial charge in [-0.2, -0.15) is 0 Å². The fourth-order valence-corrected chi connectivity index (χ4v) is 4.98. The Morgan fingerprint density at radius 2 is 1.83 bits per heavy atom. The molecule has 2 aliphatic heterocycles. The molecule has 0 saturated carbocycles. The maximum absolute atomic E-state index is 13.2. The summed E-state index contributed by atoms with van der Waals surface area (Å²) in [6, 6.07) is 10.2. The normalized spacial score (nSPS) is 17.5. The van der Waals surface area contributed by atoms with Crippen molar-refractivity contribution in [2.75, 3.05) is 19.6 Å². The summed E-state index contributed by atoms with van der Waals surface area (Å²) in [5, 5.41) is 0.636. The number of carbonyl (C=O) groups is 3. The molecule has 4 aromatic rings. The van der Waals surface area contributed by atoms with Crippen LogP contribution in [0.5, 0.6) is 0 Å². The summed E-state index contributed by atoms with van der Waals surface area (Å²) < 4.78 is 0. The molecule has 1 aromatic carbocycles. The number of aromatic amines is 1. The largest absolute Gasteiger partial charge is 0.354 e. The number of fused-ring (bicyclic) bond motifs is 5. The van der Waals surface area contributed by atoms with Crippen LogP contribution in [-0.4, -0.2) is 67.0 Å². The van der Waals surface area contributed by atoms with Crippen molar-refractivity contribution in [1.82, 2.24) is 29.7 Å². The van der Waals surface area contributed by atoms with Gasteiger partial charge in [0.25, 0.3) is 17.6 Å². The van der Waals surface area contributed by atoms with Gasteiger partial charge in [-0.3, -0.25) is 19.4 Å². The lowest BCUT2D eigenvalue weighted by Crippen LogP contribution is -2.56. The third-order valence-corrected chi connectivity index (χ3v) is 7.02. The fraction of sp³-hybridized carbons (Fsp3) is 0.167. The molecule has 0 radical (unpaired) electrons. The van der Waals surface area contributed by atoms with E-state index in [-0.39, 0.29) is 34.9 Å². The molecule has 1 fully saturated rings. The molecule has 6 rings (SSSR count). The van der Waals surface area contributed by atoms with E-state index in [1.807, 2.05) is 18.2 Å². The van der Waals surface area contributed by atoms with Crippen LogP contribution in [0.15, 0.2) is 48.8 Å². The molecule has 0 unspecified atom stereocenters. The Kier molecular flexibility index (Phi) is 5.05. The first-order valence-electron chi connectivity index (χ1n) is 10.8. The summed E-state index contributed by atoms with van der Waals surface area (Å²) in [4.78, 5) is 58.5. The van der Waals surface area contributed by atoms with Crippen LogP contribution >= 0.6 is 23.2 Å². The second kappa shape index (κ2) is 8.14. The van der Waals surface area contributed by atoms with Crippen molar-refractivity contribution in [1.29, 1.82) is 0 Å². The first kappa shape index (κ1) is 21.7. The Balaban J connectivity index is 1.46. The minimum atomic E-state index is -0.595. The maximum atomic E-state index is 13.2. The predicted molar refractivity (Wildman–Crippen MR) is 128 cm³/mol. The molecule has 35 heavy (non-hydrogen) atoms. The van der Waals surface area contributed by atoms with E-state index in [9.17, 15) is 14.4 Å². The molecule has 1 N–H and O–H groups in total. The number of aromatic nitrogens is 4. The number of hydrogen-bond acceptors (Lipinski definition) is 6. The van der Waals surface area contributed by atoms with E-state index < -0.39 is 17.7 Å². The smallest absolute Gasteiger partial charge is 0.295 e. The number of benzene rings is 1. The van der Waals surface area contributed by atoms with Gasteiger partial charge in [0.15, 0.2) is 10.3 Å². The van der Waals surface area contributed by atoms with Crippen LogP contribution in [0.1, 0.15) is 32.5 Å². The lowest BCUT2D eigenvalue weighted by atomic mass is 9.93. The summed E-state index contributed by atoms with van der Waals surface area (Å²) in [5.41, 5.74) is 2.74. The zero-order valence-electron chi connectivity index (χ0n) is 18.0. The molecule has 0 spiro atoms. The highest BCUT2D eigenvalue weighted by Crippen LogP contribution is 2.39. The molecule has 2 aliphatic rings. The van der Waals surface area contributed by atoms with E-state index >= 15 is 0 Å². The summed E-state index contributed by atoms with van der Waals surface area (Å²) in [7, 11) is 0. The summed E-state index contributed by atoms with van der Waals surface area (Å²) in [6.45, 7) is 0.846. The number of piperazine rings is 1. The van der Waals surface area contributed by atoms with Crippen LogP contribution in [0.3, 0.4) is 0 Å². The van der Waals surface area contributed by atoms with Gasteiger partial charge in [0.2, 0.25) is 0 Å². The highest BCUT2D eigenvalue weighted by Gasteiger charge is 2.44. The van der Waals surface area contributed by atoms with E-state index in [1.165, 1.54) is 17.3 Å². The number of halogens is 2. The van der Waals surface area contributed by atoms with E-state index in [0.29, 0.717) is 40.1 Å². The number of ketones is 1. The molecular weight excluding hydrogens is 491 g/mol. The van der Waals surface area contributed by atoms with E-state index in [1.54, 1.807) is 23.1 Å². The van der Waals surface area contributed by atoms with Crippen molar-refractivity contribution in [2.45, 2.75) is 6.04 Å². The second-order valence-corrected chi connectivity index (χ2v) is 9.01. The Labute approximate surface area is 208 Å². The number of nitrogens with one attached hydrogen (secondary N) is 1. The number of pyridine rings is 1. The Morgan fingerprint density at radius 3 is 2.60 bits per heavy atom. The van der Waals surface area contributed by atoms with Crippen molar-refractivity contribution in [2.24, 2.45) is 0 Å². The molecule has 5 heterocycles. The zero-order valence-corrected chi connectivity index (χ0v) is 19.5. The van der Waals surface area contributed by atoms with Gasteiger partial charge in [0.1, 0.15) is 11.4 Å². The van der Waals surface area contributed by atoms with Crippen LogP contribution in [0, 0.1) is 0 Å². The van der Waals surface area contributed by atoms with Crippen molar-refractivity contribution < 1.29 is 14.4 Å². The van der Waals surface area contributed by atoms with Crippen LogP contribution in [0.25, 0.3) is 22.3 Å². The molecule has 0 aliphatic carbocycles. The summed E-state index contributed by atoms with van der Waals surface area (Å²) in [5.74, 6) is -1.30. The Bertz CT molecular complexity index is 1540. The molecule has 0 bridgehead atoms. The van der Waals surface area contributed by atoms with Gasteiger partial charge in [-0.15, -0.1) is 0 Å². The van der Waals surface area contributed by atoms with Gasteiger partial charge in [-0.25, -0.2) is 9.97 Å². The number of carbonyl (C=O) groups excluding carboxylic acids is 3. The SMILES string of the molecule is O=C1C(=O)N2CCN(C(=O)c3ccccc3)C[C@H]2c2[nH]c3c(-c4cnc(Cl)c(Cl)n4)nccc3c21. The number of rotatable bonds is 2. The summed E-state index contributed by atoms with van der Waals surface area (Å²) >= 11 is 12.0. The number of hydrogen-bond donors (Lipinski definition) is 1. The van der Waals surface area contributed by atoms with Gasteiger partial charge < -0.3 is 14.8 Å².